The number of aromatic amines is 2. The number of hydrogen-bond donors (Lipinski definition) is 3. The predicted molar refractivity (Wildman–Crippen MR) is 58.7 cm³/mol. The van der Waals surface area contributed by atoms with Crippen molar-refractivity contribution in [2.24, 2.45) is 0 Å². The molecule has 0 saturated heterocycles. The lowest BCUT2D eigenvalue weighted by molar-refractivity contribution is 1.17. The van der Waals surface area contributed by atoms with Crippen molar-refractivity contribution in [3.63, 3.8) is 0 Å². The molecule has 0 atom stereocenters. The molecule has 2 rings (SSSR count). The fourth-order valence-corrected chi connectivity index (χ4v) is 1.74. The highest BCUT2D eigenvalue weighted by atomic mass is 32.1. The van der Waals surface area contributed by atoms with Crippen LogP contribution in [0.4, 0.5) is 5.69 Å². The highest BCUT2D eigenvalue weighted by molar-refractivity contribution is 7.72. The molecule has 0 amide bonds. The summed E-state index contributed by atoms with van der Waals surface area (Å²) in [5.74, 6) is 0. The number of rotatable bonds is 0. The van der Waals surface area contributed by atoms with Crippen molar-refractivity contribution >= 4 is 41.0 Å². The Hall–Kier alpha value is -1.20. The van der Waals surface area contributed by atoms with Gasteiger partial charge in [-0.3, -0.25) is 0 Å². The third kappa shape index (κ3) is 1.48. The van der Waals surface area contributed by atoms with Crippen LogP contribution in [-0.2, 0) is 0 Å². The number of fused-ring (bicyclic) bond motifs is 1. The van der Waals surface area contributed by atoms with Crippen molar-refractivity contribution in [3.05, 3.63) is 27.6 Å². The van der Waals surface area contributed by atoms with Crippen LogP contribution in [0.1, 0.15) is 0 Å². The first-order valence-electron chi connectivity index (χ1n) is 3.68. The van der Waals surface area contributed by atoms with Gasteiger partial charge in [0.25, 0.3) is 0 Å². The monoisotopic (exact) mass is 209 g/mol. The first kappa shape index (κ1) is 8.40. The minimum atomic E-state index is 0.517. The van der Waals surface area contributed by atoms with Gasteiger partial charge in [-0.15, -0.1) is 0 Å². The zero-order chi connectivity index (χ0) is 9.42. The summed E-state index contributed by atoms with van der Waals surface area (Å²) in [5.41, 5.74) is 7.19. The molecule has 5 heteroatoms. The lowest BCUT2D eigenvalue weighted by atomic mass is 10.2. The van der Waals surface area contributed by atoms with E-state index >= 15 is 0 Å². The Morgan fingerprint density at radius 1 is 1.15 bits per heavy atom. The molecule has 66 valence electrons. The summed E-state index contributed by atoms with van der Waals surface area (Å²) in [5, 5.41) is 0.929. The van der Waals surface area contributed by atoms with E-state index in [0.717, 1.165) is 10.9 Å². The topological polar surface area (TPSA) is 57.6 Å². The predicted octanol–water partition coefficient (Wildman–Crippen LogP) is 2.54. The molecule has 3 nitrogen and oxygen atoms in total. The Balaban J connectivity index is 3.03. The first-order valence-corrected chi connectivity index (χ1v) is 4.50. The molecule has 1 aromatic carbocycles. The second-order valence-corrected chi connectivity index (χ2v) is 3.53. The molecule has 0 aliphatic carbocycles. The summed E-state index contributed by atoms with van der Waals surface area (Å²) in [4.78, 5) is 5.85. The van der Waals surface area contributed by atoms with Crippen LogP contribution in [0, 0.1) is 9.41 Å². The van der Waals surface area contributed by atoms with Gasteiger partial charge >= 0.3 is 0 Å². The van der Waals surface area contributed by atoms with Crippen LogP contribution < -0.4 is 5.73 Å². The van der Waals surface area contributed by atoms with Gasteiger partial charge in [0.1, 0.15) is 4.64 Å². The lowest BCUT2D eigenvalue weighted by Crippen LogP contribution is -1.89. The number of hydrogen-bond acceptors (Lipinski definition) is 3. The summed E-state index contributed by atoms with van der Waals surface area (Å²) < 4.78 is 1.15. The van der Waals surface area contributed by atoms with E-state index in [9.17, 15) is 0 Å². The first-order chi connectivity index (χ1) is 6.16. The molecule has 0 radical (unpaired) electrons. The van der Waals surface area contributed by atoms with Gasteiger partial charge in [-0.25, -0.2) is 0 Å². The maximum atomic E-state index is 5.63. The molecule has 0 fully saturated rings. The maximum Gasteiger partial charge on any atom is 0.175 e. The molecule has 2 aromatic rings. The molecule has 0 spiro atoms. The van der Waals surface area contributed by atoms with Crippen LogP contribution >= 0.6 is 24.4 Å². The van der Waals surface area contributed by atoms with E-state index in [1.165, 1.54) is 0 Å². The summed E-state index contributed by atoms with van der Waals surface area (Å²) in [7, 11) is 0. The lowest BCUT2D eigenvalue weighted by Gasteiger charge is -1.99. The maximum absolute atomic E-state index is 5.63. The van der Waals surface area contributed by atoms with Gasteiger partial charge in [-0.2, -0.15) is 0 Å². The molecule has 0 aliphatic heterocycles. The number of nitrogen functional groups attached to an aromatic ring is 1. The average molecular weight is 209 g/mol. The second-order valence-electron chi connectivity index (χ2n) is 2.71. The van der Waals surface area contributed by atoms with E-state index in [1.807, 2.05) is 18.2 Å². The van der Waals surface area contributed by atoms with Crippen molar-refractivity contribution in [2.75, 3.05) is 5.73 Å². The number of nitrogens with one attached hydrogen (secondary N) is 2. The van der Waals surface area contributed by atoms with E-state index < -0.39 is 0 Å². The quantitative estimate of drug-likeness (QED) is 0.461. The van der Waals surface area contributed by atoms with Gasteiger partial charge in [-0.1, -0.05) is 12.2 Å². The van der Waals surface area contributed by atoms with Crippen LogP contribution in [-0.4, -0.2) is 9.97 Å². The van der Waals surface area contributed by atoms with Gasteiger partial charge in [0.15, 0.2) is 4.77 Å². The number of H-pyrrole nitrogens is 2. The van der Waals surface area contributed by atoms with E-state index in [4.69, 9.17) is 30.2 Å². The third-order valence-electron chi connectivity index (χ3n) is 1.76. The Labute approximate surface area is 84.6 Å². The molecule has 13 heavy (non-hydrogen) atoms. The minimum absolute atomic E-state index is 0.517. The number of aromatic nitrogens is 2. The van der Waals surface area contributed by atoms with Crippen molar-refractivity contribution < 1.29 is 0 Å². The van der Waals surface area contributed by atoms with E-state index in [2.05, 4.69) is 9.97 Å². The largest absolute Gasteiger partial charge is 0.399 e. The SMILES string of the molecule is Nc1ccc2c(=S)[nH]c(=S)[nH]c2c1. The highest BCUT2D eigenvalue weighted by Gasteiger charge is 1.95. The minimum Gasteiger partial charge on any atom is -0.399 e. The van der Waals surface area contributed by atoms with E-state index in [0.29, 0.717) is 15.1 Å². The normalized spacial score (nSPS) is 10.5. The summed E-state index contributed by atoms with van der Waals surface area (Å²) >= 11 is 10.1. The van der Waals surface area contributed by atoms with Crippen LogP contribution in [0.3, 0.4) is 0 Å². The molecule has 0 saturated carbocycles. The second kappa shape index (κ2) is 2.93. The number of benzene rings is 1. The summed E-state index contributed by atoms with van der Waals surface area (Å²) in [6.45, 7) is 0. The van der Waals surface area contributed by atoms with Crippen LogP contribution in [0.15, 0.2) is 18.2 Å². The fourth-order valence-electron chi connectivity index (χ4n) is 1.19. The molecule has 0 aliphatic rings. The van der Waals surface area contributed by atoms with Gasteiger partial charge < -0.3 is 15.7 Å². The Bertz CT molecular complexity index is 567. The Morgan fingerprint density at radius 2 is 1.92 bits per heavy atom. The number of nitrogens with two attached hydrogens (primary N) is 1. The van der Waals surface area contributed by atoms with Crippen LogP contribution in [0.5, 0.6) is 0 Å². The molecular weight excluding hydrogens is 202 g/mol. The fraction of sp³-hybridized carbons (Fsp3) is 0. The Kier molecular flexibility index (Phi) is 1.90. The smallest absolute Gasteiger partial charge is 0.175 e. The van der Waals surface area contributed by atoms with Gasteiger partial charge in [-0.05, 0) is 30.4 Å². The molecule has 4 N–H and O–H groups in total. The highest BCUT2D eigenvalue weighted by Crippen LogP contribution is 2.14. The van der Waals surface area contributed by atoms with Crippen molar-refractivity contribution in [2.45, 2.75) is 0 Å². The number of anilines is 1. The third-order valence-corrected chi connectivity index (χ3v) is 2.29. The van der Waals surface area contributed by atoms with E-state index in [-0.39, 0.29) is 0 Å². The molecule has 0 bridgehead atoms. The van der Waals surface area contributed by atoms with Crippen molar-refractivity contribution in [1.29, 1.82) is 0 Å². The summed E-state index contributed by atoms with van der Waals surface area (Å²) in [6, 6.07) is 5.49. The zero-order valence-electron chi connectivity index (χ0n) is 6.63. The molecular formula is C8H7N3S2. The van der Waals surface area contributed by atoms with Gasteiger partial charge in [0, 0.05) is 11.1 Å². The van der Waals surface area contributed by atoms with Crippen molar-refractivity contribution in [3.8, 4) is 0 Å². The summed E-state index contributed by atoms with van der Waals surface area (Å²) in [6.07, 6.45) is 0. The van der Waals surface area contributed by atoms with Crippen LogP contribution in [0.2, 0.25) is 0 Å². The van der Waals surface area contributed by atoms with Crippen molar-refractivity contribution in [1.82, 2.24) is 9.97 Å². The Morgan fingerprint density at radius 3 is 2.69 bits per heavy atom. The van der Waals surface area contributed by atoms with Gasteiger partial charge in [0.05, 0.1) is 5.52 Å². The molecule has 0 unspecified atom stereocenters. The molecule has 1 heterocycles. The van der Waals surface area contributed by atoms with E-state index in [1.54, 1.807) is 0 Å². The van der Waals surface area contributed by atoms with Gasteiger partial charge in [0.2, 0.25) is 0 Å². The standard InChI is InChI=1S/C8H7N3S2/c9-4-1-2-5-6(3-4)10-8(13)11-7(5)12/h1-3H,9H2,(H2,10,11,12,13). The molecule has 1 aromatic heterocycles. The average Bonchev–Trinajstić information content (AvgIpc) is 2.02. The van der Waals surface area contributed by atoms with Crippen LogP contribution in [0.25, 0.3) is 10.9 Å². The zero-order valence-corrected chi connectivity index (χ0v) is 8.26.